The Morgan fingerprint density at radius 2 is 2.25 bits per heavy atom. The molecule has 0 bridgehead atoms. The van der Waals surface area contributed by atoms with Crippen molar-refractivity contribution in [3.63, 3.8) is 0 Å². The predicted octanol–water partition coefficient (Wildman–Crippen LogP) is 2.33. The van der Waals surface area contributed by atoms with Crippen molar-refractivity contribution in [3.8, 4) is 0 Å². The maximum Gasteiger partial charge on any atom is 0.206 e. The van der Waals surface area contributed by atoms with Gasteiger partial charge in [0.2, 0.25) is 5.95 Å². The van der Waals surface area contributed by atoms with Crippen LogP contribution in [0.4, 0.5) is 5.95 Å². The molecule has 0 amide bonds. The first kappa shape index (κ1) is 7.89. The summed E-state index contributed by atoms with van der Waals surface area (Å²) in [5.41, 5.74) is 6.52. The fourth-order valence-corrected chi connectivity index (χ4v) is 1.71. The van der Waals surface area contributed by atoms with Crippen molar-refractivity contribution >= 4 is 39.0 Å². The second-order valence-corrected chi connectivity index (χ2v) is 3.55. The normalized spacial score (nSPS) is 10.8. The molecule has 2 rings (SSSR count). The quantitative estimate of drug-likeness (QED) is 0.775. The maximum atomic E-state index is 5.78. The van der Waals surface area contributed by atoms with Crippen molar-refractivity contribution in [1.29, 1.82) is 0 Å². The summed E-state index contributed by atoms with van der Waals surface area (Å²) < 4.78 is 2.46. The minimum Gasteiger partial charge on any atom is -0.369 e. The zero-order valence-corrected chi connectivity index (χ0v) is 8.30. The van der Waals surface area contributed by atoms with Crippen molar-refractivity contribution in [3.05, 3.63) is 28.0 Å². The van der Waals surface area contributed by atoms with Crippen LogP contribution in [0.2, 0.25) is 5.02 Å². The van der Waals surface area contributed by atoms with E-state index < -0.39 is 0 Å². The number of pyridine rings is 1. The highest BCUT2D eigenvalue weighted by molar-refractivity contribution is 9.10. The van der Waals surface area contributed by atoms with E-state index in [-0.39, 0.29) is 0 Å². The van der Waals surface area contributed by atoms with Gasteiger partial charge < -0.3 is 5.73 Å². The molecule has 2 aromatic rings. The number of rotatable bonds is 0. The van der Waals surface area contributed by atoms with E-state index in [0.717, 1.165) is 10.1 Å². The maximum absolute atomic E-state index is 5.78. The van der Waals surface area contributed by atoms with Gasteiger partial charge in [0.15, 0.2) is 0 Å². The summed E-state index contributed by atoms with van der Waals surface area (Å²) in [5.74, 6) is 0.430. The minimum absolute atomic E-state index is 0.430. The van der Waals surface area contributed by atoms with Crippen LogP contribution in [-0.2, 0) is 0 Å². The van der Waals surface area contributed by atoms with Crippen molar-refractivity contribution in [1.82, 2.24) is 9.38 Å². The van der Waals surface area contributed by atoms with Gasteiger partial charge in [0.05, 0.1) is 10.5 Å². The third kappa shape index (κ3) is 1.07. The molecule has 2 heterocycles. The monoisotopic (exact) mass is 245 g/mol. The Kier molecular flexibility index (Phi) is 1.73. The van der Waals surface area contributed by atoms with Gasteiger partial charge in [-0.1, -0.05) is 11.6 Å². The highest BCUT2D eigenvalue weighted by atomic mass is 79.9. The first-order valence-electron chi connectivity index (χ1n) is 3.27. The van der Waals surface area contributed by atoms with Crippen molar-refractivity contribution < 1.29 is 0 Å². The van der Waals surface area contributed by atoms with Crippen LogP contribution < -0.4 is 5.73 Å². The third-order valence-electron chi connectivity index (χ3n) is 1.58. The molecule has 0 aromatic carbocycles. The molecule has 0 saturated carbocycles. The fourth-order valence-electron chi connectivity index (χ4n) is 1.04. The first-order valence-corrected chi connectivity index (χ1v) is 4.44. The van der Waals surface area contributed by atoms with Gasteiger partial charge in [-0.15, -0.1) is 0 Å². The molecule has 3 nitrogen and oxygen atoms in total. The van der Waals surface area contributed by atoms with Crippen LogP contribution in [0.1, 0.15) is 0 Å². The molecule has 62 valence electrons. The molecular weight excluding hydrogens is 241 g/mol. The Hall–Kier alpha value is -0.740. The molecule has 0 radical (unpaired) electrons. The van der Waals surface area contributed by atoms with Crippen molar-refractivity contribution in [2.45, 2.75) is 0 Å². The third-order valence-corrected chi connectivity index (χ3v) is 2.39. The van der Waals surface area contributed by atoms with E-state index in [0.29, 0.717) is 11.0 Å². The Morgan fingerprint density at radius 3 is 3.00 bits per heavy atom. The number of halogens is 2. The molecule has 0 spiro atoms. The summed E-state index contributed by atoms with van der Waals surface area (Å²) in [6, 6.07) is 3.65. The molecule has 0 unspecified atom stereocenters. The van der Waals surface area contributed by atoms with Gasteiger partial charge in [-0.25, -0.2) is 4.98 Å². The van der Waals surface area contributed by atoms with Gasteiger partial charge >= 0.3 is 0 Å². The number of aromatic nitrogens is 2. The van der Waals surface area contributed by atoms with Crippen molar-refractivity contribution in [2.75, 3.05) is 5.73 Å². The molecule has 0 fully saturated rings. The van der Waals surface area contributed by atoms with Crippen LogP contribution in [0.3, 0.4) is 0 Å². The van der Waals surface area contributed by atoms with Crippen molar-refractivity contribution in [2.24, 2.45) is 0 Å². The zero-order chi connectivity index (χ0) is 8.72. The van der Waals surface area contributed by atoms with Gasteiger partial charge in [0, 0.05) is 6.20 Å². The number of nitrogen functional groups attached to an aromatic ring is 1. The zero-order valence-electron chi connectivity index (χ0n) is 5.96. The topological polar surface area (TPSA) is 43.3 Å². The lowest BCUT2D eigenvalue weighted by atomic mass is 10.4. The predicted molar refractivity (Wildman–Crippen MR) is 52.3 cm³/mol. The number of imidazole rings is 1. The molecule has 5 heteroatoms. The summed E-state index contributed by atoms with van der Waals surface area (Å²) >= 11 is 9.07. The highest BCUT2D eigenvalue weighted by Gasteiger charge is 2.04. The lowest BCUT2D eigenvalue weighted by molar-refractivity contribution is 1.17. The minimum atomic E-state index is 0.430. The van der Waals surface area contributed by atoms with E-state index in [1.807, 2.05) is 6.07 Å². The summed E-state index contributed by atoms with van der Waals surface area (Å²) in [7, 11) is 0. The molecule has 2 N–H and O–H groups in total. The number of nitrogens with two attached hydrogens (primary N) is 1. The number of hydrogen-bond acceptors (Lipinski definition) is 2. The Balaban J connectivity index is 2.90. The van der Waals surface area contributed by atoms with E-state index in [1.54, 1.807) is 16.7 Å². The van der Waals surface area contributed by atoms with Crippen LogP contribution in [0.15, 0.2) is 22.9 Å². The average Bonchev–Trinajstić information content (AvgIpc) is 2.28. The van der Waals surface area contributed by atoms with E-state index in [9.17, 15) is 0 Å². The van der Waals surface area contributed by atoms with Crippen LogP contribution in [0.25, 0.3) is 5.52 Å². The highest BCUT2D eigenvalue weighted by Crippen LogP contribution is 2.22. The first-order chi connectivity index (χ1) is 5.68. The molecule has 0 aliphatic carbocycles. The van der Waals surface area contributed by atoms with Crippen LogP contribution in [0.5, 0.6) is 0 Å². The molecular formula is C7H5BrClN3. The second kappa shape index (κ2) is 2.64. The Bertz CT molecular complexity index is 437. The van der Waals surface area contributed by atoms with Crippen LogP contribution in [-0.4, -0.2) is 9.38 Å². The molecule has 12 heavy (non-hydrogen) atoms. The largest absolute Gasteiger partial charge is 0.369 e. The summed E-state index contributed by atoms with van der Waals surface area (Å²) in [5, 5.41) is 0.638. The second-order valence-electron chi connectivity index (χ2n) is 2.36. The van der Waals surface area contributed by atoms with Gasteiger partial charge in [-0.05, 0) is 28.1 Å². The number of anilines is 1. The van der Waals surface area contributed by atoms with Gasteiger partial charge in [-0.3, -0.25) is 4.40 Å². The van der Waals surface area contributed by atoms with E-state index in [1.165, 1.54) is 0 Å². The molecule has 0 aliphatic heterocycles. The smallest absolute Gasteiger partial charge is 0.206 e. The molecule has 2 aromatic heterocycles. The Labute approximate surface area is 82.3 Å². The standard InChI is InChI=1S/C7H5BrClN3/c8-6-5-2-1-4(9)3-12(5)7(10)11-6/h1-3H,(H2,10,11). The number of hydrogen-bond donors (Lipinski definition) is 1. The van der Waals surface area contributed by atoms with E-state index >= 15 is 0 Å². The molecule has 0 atom stereocenters. The lowest BCUT2D eigenvalue weighted by Gasteiger charge is -1.95. The summed E-state index contributed by atoms with van der Waals surface area (Å²) in [4.78, 5) is 4.03. The fraction of sp³-hybridized carbons (Fsp3) is 0. The lowest BCUT2D eigenvalue weighted by Crippen LogP contribution is -1.92. The molecule has 0 aliphatic rings. The summed E-state index contributed by atoms with van der Waals surface area (Å²) in [6.07, 6.45) is 1.73. The van der Waals surface area contributed by atoms with Gasteiger partial charge in [0.25, 0.3) is 0 Å². The van der Waals surface area contributed by atoms with E-state index in [2.05, 4.69) is 20.9 Å². The molecule has 0 saturated heterocycles. The Morgan fingerprint density at radius 1 is 1.50 bits per heavy atom. The summed E-state index contributed by atoms with van der Waals surface area (Å²) in [6.45, 7) is 0. The van der Waals surface area contributed by atoms with Crippen LogP contribution >= 0.6 is 27.5 Å². The number of fused-ring (bicyclic) bond motifs is 1. The average molecular weight is 246 g/mol. The van der Waals surface area contributed by atoms with Crippen LogP contribution in [0, 0.1) is 0 Å². The van der Waals surface area contributed by atoms with E-state index in [4.69, 9.17) is 17.3 Å². The SMILES string of the molecule is Nc1nc(Br)c2ccc(Cl)cn12. The number of nitrogens with zero attached hydrogens (tertiary/aromatic N) is 2. The van der Waals surface area contributed by atoms with Gasteiger partial charge in [-0.2, -0.15) is 0 Å². The van der Waals surface area contributed by atoms with Gasteiger partial charge in [0.1, 0.15) is 4.60 Å².